The molecule has 0 atom stereocenters. The molecule has 0 N–H and O–H groups in total. The van der Waals surface area contributed by atoms with Crippen molar-refractivity contribution in [3.05, 3.63) is 47.2 Å². The molecule has 0 aliphatic carbocycles. The number of ether oxygens (including phenoxy) is 1. The van der Waals surface area contributed by atoms with Gasteiger partial charge in [-0.2, -0.15) is 0 Å². The van der Waals surface area contributed by atoms with Crippen LogP contribution in [0.25, 0.3) is 0 Å². The van der Waals surface area contributed by atoms with Crippen molar-refractivity contribution in [3.63, 3.8) is 0 Å². The monoisotopic (exact) mass is 215 g/mol. The van der Waals surface area contributed by atoms with E-state index in [1.165, 1.54) is 11.1 Å². The van der Waals surface area contributed by atoms with Gasteiger partial charge in [-0.1, -0.05) is 23.8 Å². The molecule has 84 valence electrons. The third-order valence-electron chi connectivity index (χ3n) is 2.75. The Labute approximate surface area is 96.7 Å². The Morgan fingerprint density at radius 1 is 1.12 bits per heavy atom. The molecule has 16 heavy (non-hydrogen) atoms. The maximum absolute atomic E-state index is 5.63. The Hall–Kier alpha value is -1.57. The predicted octanol–water partition coefficient (Wildman–Crippen LogP) is 3.37. The lowest BCUT2D eigenvalue weighted by Gasteiger charge is -2.11. The number of benzene rings is 1. The molecule has 1 aromatic rings. The lowest BCUT2D eigenvalue weighted by molar-refractivity contribution is 0.384. The summed E-state index contributed by atoms with van der Waals surface area (Å²) in [7, 11) is 0. The van der Waals surface area contributed by atoms with Crippen LogP contribution in [0, 0.1) is 13.8 Å². The van der Waals surface area contributed by atoms with Crippen LogP contribution in [0.5, 0.6) is 0 Å². The molecule has 1 aliphatic heterocycles. The van der Waals surface area contributed by atoms with E-state index in [2.05, 4.69) is 43.6 Å². The Morgan fingerprint density at radius 3 is 2.12 bits per heavy atom. The standard InChI is InChI=1S/C14H17NO/c1-9-6-10(2)8-12(7-9)13-15-14(4,5)11(3)16-13/h6-8H,3H2,1-2,4-5H3. The normalized spacial score (nSPS) is 18.2. The van der Waals surface area contributed by atoms with E-state index in [1.54, 1.807) is 0 Å². The van der Waals surface area contributed by atoms with E-state index in [9.17, 15) is 0 Å². The van der Waals surface area contributed by atoms with Crippen LogP contribution in [0.1, 0.15) is 30.5 Å². The SMILES string of the molecule is C=C1OC(c2cc(C)cc(C)c2)=NC1(C)C. The highest BCUT2D eigenvalue weighted by Crippen LogP contribution is 2.29. The summed E-state index contributed by atoms with van der Waals surface area (Å²) in [4.78, 5) is 4.55. The quantitative estimate of drug-likeness (QED) is 0.703. The number of hydrogen-bond donors (Lipinski definition) is 0. The summed E-state index contributed by atoms with van der Waals surface area (Å²) >= 11 is 0. The molecular weight excluding hydrogens is 198 g/mol. The van der Waals surface area contributed by atoms with E-state index < -0.39 is 0 Å². The Kier molecular flexibility index (Phi) is 2.38. The van der Waals surface area contributed by atoms with Gasteiger partial charge in [0.1, 0.15) is 11.3 Å². The zero-order valence-electron chi connectivity index (χ0n) is 10.3. The van der Waals surface area contributed by atoms with Crippen LogP contribution < -0.4 is 0 Å². The largest absolute Gasteiger partial charge is 0.441 e. The fraction of sp³-hybridized carbons (Fsp3) is 0.357. The number of aryl methyl sites for hydroxylation is 2. The molecule has 0 saturated carbocycles. The van der Waals surface area contributed by atoms with Gasteiger partial charge in [0.2, 0.25) is 5.90 Å². The molecule has 1 aromatic carbocycles. The first kappa shape index (κ1) is 10.9. The highest BCUT2D eigenvalue weighted by Gasteiger charge is 2.31. The van der Waals surface area contributed by atoms with E-state index in [4.69, 9.17) is 4.74 Å². The number of hydrogen-bond acceptors (Lipinski definition) is 2. The average Bonchev–Trinajstić information content (AvgIpc) is 2.40. The van der Waals surface area contributed by atoms with Gasteiger partial charge in [-0.3, -0.25) is 0 Å². The average molecular weight is 215 g/mol. The highest BCUT2D eigenvalue weighted by atomic mass is 16.5. The highest BCUT2D eigenvalue weighted by molar-refractivity contribution is 5.97. The first-order valence-corrected chi connectivity index (χ1v) is 5.44. The first-order valence-electron chi connectivity index (χ1n) is 5.44. The Morgan fingerprint density at radius 2 is 1.69 bits per heavy atom. The van der Waals surface area contributed by atoms with Crippen molar-refractivity contribution < 1.29 is 4.74 Å². The van der Waals surface area contributed by atoms with Crippen LogP contribution in [-0.2, 0) is 4.74 Å². The van der Waals surface area contributed by atoms with Gasteiger partial charge >= 0.3 is 0 Å². The number of aliphatic imine (C=N–C) groups is 1. The molecule has 0 amide bonds. The van der Waals surface area contributed by atoms with Crippen molar-refractivity contribution in [2.75, 3.05) is 0 Å². The van der Waals surface area contributed by atoms with Gasteiger partial charge in [0, 0.05) is 5.56 Å². The zero-order chi connectivity index (χ0) is 11.9. The maximum Gasteiger partial charge on any atom is 0.222 e. The van der Waals surface area contributed by atoms with Crippen molar-refractivity contribution in [2.45, 2.75) is 33.2 Å². The van der Waals surface area contributed by atoms with Gasteiger partial charge in [-0.25, -0.2) is 4.99 Å². The fourth-order valence-electron chi connectivity index (χ4n) is 1.80. The van der Waals surface area contributed by atoms with Crippen LogP contribution in [0.15, 0.2) is 35.5 Å². The predicted molar refractivity (Wildman–Crippen MR) is 66.8 cm³/mol. The Bertz CT molecular complexity index is 463. The van der Waals surface area contributed by atoms with Crippen molar-refractivity contribution >= 4 is 5.90 Å². The summed E-state index contributed by atoms with van der Waals surface area (Å²) in [6, 6.07) is 6.31. The fourth-order valence-corrected chi connectivity index (χ4v) is 1.80. The molecule has 0 bridgehead atoms. The molecule has 2 rings (SSSR count). The molecular formula is C14H17NO. The molecule has 2 nitrogen and oxygen atoms in total. The molecule has 0 radical (unpaired) electrons. The van der Waals surface area contributed by atoms with E-state index in [0.29, 0.717) is 11.7 Å². The van der Waals surface area contributed by atoms with Gasteiger partial charge in [0.15, 0.2) is 0 Å². The van der Waals surface area contributed by atoms with E-state index in [-0.39, 0.29) is 5.54 Å². The van der Waals surface area contributed by atoms with E-state index in [0.717, 1.165) is 5.56 Å². The van der Waals surface area contributed by atoms with Gasteiger partial charge in [0.25, 0.3) is 0 Å². The van der Waals surface area contributed by atoms with Crippen LogP contribution in [0.4, 0.5) is 0 Å². The smallest absolute Gasteiger partial charge is 0.222 e. The third kappa shape index (κ3) is 1.87. The molecule has 0 spiro atoms. The van der Waals surface area contributed by atoms with Crippen LogP contribution >= 0.6 is 0 Å². The van der Waals surface area contributed by atoms with Gasteiger partial charge in [-0.15, -0.1) is 0 Å². The molecule has 0 unspecified atom stereocenters. The van der Waals surface area contributed by atoms with E-state index in [1.807, 2.05) is 13.8 Å². The lowest BCUT2D eigenvalue weighted by atomic mass is 10.1. The van der Waals surface area contributed by atoms with Crippen molar-refractivity contribution in [2.24, 2.45) is 4.99 Å². The molecule has 0 fully saturated rings. The second kappa shape index (κ2) is 3.48. The van der Waals surface area contributed by atoms with Gasteiger partial charge in [0.05, 0.1) is 0 Å². The molecule has 1 aliphatic rings. The van der Waals surface area contributed by atoms with Crippen LogP contribution in [0.3, 0.4) is 0 Å². The minimum atomic E-state index is -0.313. The third-order valence-corrected chi connectivity index (χ3v) is 2.75. The second-order valence-electron chi connectivity index (χ2n) is 4.88. The molecule has 1 heterocycles. The summed E-state index contributed by atoms with van der Waals surface area (Å²) < 4.78 is 5.63. The summed E-state index contributed by atoms with van der Waals surface area (Å²) in [6.07, 6.45) is 0. The summed E-state index contributed by atoms with van der Waals surface area (Å²) in [5, 5.41) is 0. The number of rotatable bonds is 1. The van der Waals surface area contributed by atoms with Crippen LogP contribution in [-0.4, -0.2) is 11.4 Å². The van der Waals surface area contributed by atoms with E-state index >= 15 is 0 Å². The topological polar surface area (TPSA) is 21.6 Å². The molecule has 0 aromatic heterocycles. The zero-order valence-corrected chi connectivity index (χ0v) is 10.3. The minimum absolute atomic E-state index is 0.313. The Balaban J connectivity index is 2.44. The lowest BCUT2D eigenvalue weighted by Crippen LogP contribution is -2.14. The maximum atomic E-state index is 5.63. The molecule has 0 saturated heterocycles. The minimum Gasteiger partial charge on any atom is -0.441 e. The molecule has 2 heteroatoms. The van der Waals surface area contributed by atoms with Crippen molar-refractivity contribution in [1.29, 1.82) is 0 Å². The first-order chi connectivity index (χ1) is 7.38. The van der Waals surface area contributed by atoms with Gasteiger partial charge < -0.3 is 4.74 Å². The summed E-state index contributed by atoms with van der Waals surface area (Å²) in [5.74, 6) is 1.39. The van der Waals surface area contributed by atoms with Crippen LogP contribution in [0.2, 0.25) is 0 Å². The van der Waals surface area contributed by atoms with Crippen molar-refractivity contribution in [1.82, 2.24) is 0 Å². The van der Waals surface area contributed by atoms with Gasteiger partial charge in [-0.05, 0) is 39.8 Å². The summed E-state index contributed by atoms with van der Waals surface area (Å²) in [5.41, 5.74) is 3.16. The van der Waals surface area contributed by atoms with Crippen molar-refractivity contribution in [3.8, 4) is 0 Å². The number of nitrogens with zero attached hydrogens (tertiary/aromatic N) is 1. The summed E-state index contributed by atoms with van der Waals surface area (Å²) in [6.45, 7) is 12.1. The second-order valence-corrected chi connectivity index (χ2v) is 4.88.